The third-order valence-electron chi connectivity index (χ3n) is 2.98. The summed E-state index contributed by atoms with van der Waals surface area (Å²) in [5, 5.41) is 3.33. The third-order valence-corrected chi connectivity index (χ3v) is 4.07. The van der Waals surface area contributed by atoms with E-state index in [9.17, 15) is 4.79 Å². The van der Waals surface area contributed by atoms with Crippen LogP contribution in [0.1, 0.15) is 20.1 Å². The largest absolute Gasteiger partial charge is 0.314 e. The molecule has 0 unspecified atom stereocenters. The molecule has 17 heavy (non-hydrogen) atoms. The number of hydrazine groups is 1. The van der Waals surface area contributed by atoms with Gasteiger partial charge in [-0.1, -0.05) is 0 Å². The van der Waals surface area contributed by atoms with Gasteiger partial charge in [0.15, 0.2) is 0 Å². The molecule has 2 heterocycles. The Kier molecular flexibility index (Phi) is 4.11. The van der Waals surface area contributed by atoms with E-state index >= 15 is 0 Å². The van der Waals surface area contributed by atoms with Gasteiger partial charge in [-0.05, 0) is 18.6 Å². The highest BCUT2D eigenvalue weighted by molar-refractivity contribution is 7.14. The summed E-state index contributed by atoms with van der Waals surface area (Å²) in [6.07, 6.45) is 0. The van der Waals surface area contributed by atoms with Crippen molar-refractivity contribution >= 4 is 17.2 Å². The number of amides is 1. The number of carbonyl (C=O) groups excluding carboxylic acids is 1. The molecule has 5 nitrogen and oxygen atoms in total. The van der Waals surface area contributed by atoms with Gasteiger partial charge in [-0.3, -0.25) is 15.1 Å². The maximum absolute atomic E-state index is 11.4. The lowest BCUT2D eigenvalue weighted by atomic mass is 10.2. The molecule has 2 rings (SSSR count). The zero-order chi connectivity index (χ0) is 12.3. The van der Waals surface area contributed by atoms with Crippen molar-refractivity contribution in [2.75, 3.05) is 26.2 Å². The van der Waals surface area contributed by atoms with E-state index in [2.05, 4.69) is 22.6 Å². The molecule has 0 spiro atoms. The SMILES string of the molecule is Cc1sc(C(=O)NN)cc1CN1CCNCC1. The molecule has 0 bridgehead atoms. The Morgan fingerprint density at radius 2 is 2.29 bits per heavy atom. The van der Waals surface area contributed by atoms with Crippen molar-refractivity contribution < 1.29 is 4.79 Å². The van der Waals surface area contributed by atoms with Crippen LogP contribution < -0.4 is 16.6 Å². The summed E-state index contributed by atoms with van der Waals surface area (Å²) in [4.78, 5) is 15.7. The number of nitrogens with zero attached hydrogens (tertiary/aromatic N) is 1. The van der Waals surface area contributed by atoms with Gasteiger partial charge in [0.05, 0.1) is 4.88 Å². The molecule has 1 aliphatic heterocycles. The first kappa shape index (κ1) is 12.5. The minimum Gasteiger partial charge on any atom is -0.314 e. The Bertz CT molecular complexity index is 398. The van der Waals surface area contributed by atoms with E-state index in [0.29, 0.717) is 4.88 Å². The summed E-state index contributed by atoms with van der Waals surface area (Å²) in [7, 11) is 0. The smallest absolute Gasteiger partial charge is 0.275 e. The first-order chi connectivity index (χ1) is 8.20. The van der Waals surface area contributed by atoms with Gasteiger partial charge in [0.2, 0.25) is 0 Å². The molecule has 6 heteroatoms. The highest BCUT2D eigenvalue weighted by Crippen LogP contribution is 2.22. The second kappa shape index (κ2) is 5.59. The Labute approximate surface area is 105 Å². The van der Waals surface area contributed by atoms with Crippen LogP contribution in [0.4, 0.5) is 0 Å². The number of carbonyl (C=O) groups is 1. The summed E-state index contributed by atoms with van der Waals surface area (Å²) in [5.74, 6) is 4.93. The van der Waals surface area contributed by atoms with E-state index in [1.807, 2.05) is 6.07 Å². The summed E-state index contributed by atoms with van der Waals surface area (Å²) in [6, 6.07) is 1.95. The predicted molar refractivity (Wildman–Crippen MR) is 68.9 cm³/mol. The average Bonchev–Trinajstić information content (AvgIpc) is 2.71. The third kappa shape index (κ3) is 3.04. The Hall–Kier alpha value is -0.950. The van der Waals surface area contributed by atoms with Crippen LogP contribution in [0.2, 0.25) is 0 Å². The highest BCUT2D eigenvalue weighted by atomic mass is 32.1. The maximum atomic E-state index is 11.4. The van der Waals surface area contributed by atoms with Gasteiger partial charge in [-0.25, -0.2) is 5.84 Å². The Morgan fingerprint density at radius 1 is 1.59 bits per heavy atom. The first-order valence-electron chi connectivity index (χ1n) is 5.74. The summed E-state index contributed by atoms with van der Waals surface area (Å²) >= 11 is 1.50. The lowest BCUT2D eigenvalue weighted by Crippen LogP contribution is -2.42. The van der Waals surface area contributed by atoms with Crippen LogP contribution in [0.25, 0.3) is 0 Å². The van der Waals surface area contributed by atoms with Crippen molar-refractivity contribution in [2.45, 2.75) is 13.5 Å². The van der Waals surface area contributed by atoms with E-state index in [1.54, 1.807) is 0 Å². The molecule has 0 aromatic carbocycles. The van der Waals surface area contributed by atoms with Crippen LogP contribution in [-0.2, 0) is 6.54 Å². The minimum atomic E-state index is -0.204. The monoisotopic (exact) mass is 254 g/mol. The number of nitrogens with two attached hydrogens (primary N) is 1. The van der Waals surface area contributed by atoms with Crippen molar-refractivity contribution in [2.24, 2.45) is 5.84 Å². The minimum absolute atomic E-state index is 0.204. The maximum Gasteiger partial charge on any atom is 0.275 e. The fourth-order valence-corrected chi connectivity index (χ4v) is 2.91. The van der Waals surface area contributed by atoms with Gasteiger partial charge < -0.3 is 5.32 Å². The van der Waals surface area contributed by atoms with Gasteiger partial charge in [-0.2, -0.15) is 0 Å². The lowest BCUT2D eigenvalue weighted by Gasteiger charge is -2.27. The number of aryl methyl sites for hydroxylation is 1. The molecule has 1 amide bonds. The number of nitrogen functional groups attached to an aromatic ring is 1. The van der Waals surface area contributed by atoms with E-state index in [4.69, 9.17) is 5.84 Å². The fourth-order valence-electron chi connectivity index (χ4n) is 1.97. The number of hydrogen-bond acceptors (Lipinski definition) is 5. The predicted octanol–water partition coefficient (Wildman–Crippen LogP) is 0.0652. The molecule has 4 N–H and O–H groups in total. The normalized spacial score (nSPS) is 17.1. The van der Waals surface area contributed by atoms with Gasteiger partial charge in [-0.15, -0.1) is 11.3 Å². The average molecular weight is 254 g/mol. The molecule has 0 aliphatic carbocycles. The second-order valence-electron chi connectivity index (χ2n) is 4.19. The fraction of sp³-hybridized carbons (Fsp3) is 0.545. The number of piperazine rings is 1. The molecule has 1 saturated heterocycles. The van der Waals surface area contributed by atoms with Crippen molar-refractivity contribution in [1.82, 2.24) is 15.6 Å². The van der Waals surface area contributed by atoms with Gasteiger partial charge in [0.25, 0.3) is 5.91 Å². The summed E-state index contributed by atoms with van der Waals surface area (Å²) < 4.78 is 0. The van der Waals surface area contributed by atoms with Gasteiger partial charge in [0.1, 0.15) is 0 Å². The number of rotatable bonds is 3. The van der Waals surface area contributed by atoms with E-state index in [-0.39, 0.29) is 5.91 Å². The van der Waals surface area contributed by atoms with Crippen LogP contribution in [0.15, 0.2) is 6.07 Å². The molecule has 1 aliphatic rings. The molecular formula is C11H18N4OS. The van der Waals surface area contributed by atoms with Crippen LogP contribution in [-0.4, -0.2) is 37.0 Å². The number of hydrogen-bond donors (Lipinski definition) is 3. The molecule has 0 atom stereocenters. The van der Waals surface area contributed by atoms with Crippen molar-refractivity contribution in [1.29, 1.82) is 0 Å². The summed E-state index contributed by atoms with van der Waals surface area (Å²) in [6.45, 7) is 7.18. The quantitative estimate of drug-likeness (QED) is 0.405. The van der Waals surface area contributed by atoms with Crippen LogP contribution in [0.5, 0.6) is 0 Å². The molecular weight excluding hydrogens is 236 g/mol. The second-order valence-corrected chi connectivity index (χ2v) is 5.45. The highest BCUT2D eigenvalue weighted by Gasteiger charge is 2.15. The van der Waals surface area contributed by atoms with Gasteiger partial charge >= 0.3 is 0 Å². The zero-order valence-corrected chi connectivity index (χ0v) is 10.8. The van der Waals surface area contributed by atoms with Gasteiger partial charge in [0, 0.05) is 37.6 Å². The molecule has 1 fully saturated rings. The summed E-state index contributed by atoms with van der Waals surface area (Å²) in [5.41, 5.74) is 3.41. The molecule has 1 aromatic rings. The number of thiophene rings is 1. The van der Waals surface area contributed by atoms with Crippen molar-refractivity contribution in [3.8, 4) is 0 Å². The first-order valence-corrected chi connectivity index (χ1v) is 6.55. The zero-order valence-electron chi connectivity index (χ0n) is 9.95. The molecule has 0 saturated carbocycles. The van der Waals surface area contributed by atoms with Crippen molar-refractivity contribution in [3.63, 3.8) is 0 Å². The lowest BCUT2D eigenvalue weighted by molar-refractivity contribution is 0.0957. The van der Waals surface area contributed by atoms with Crippen LogP contribution >= 0.6 is 11.3 Å². The van der Waals surface area contributed by atoms with E-state index in [1.165, 1.54) is 21.8 Å². The van der Waals surface area contributed by atoms with E-state index < -0.39 is 0 Å². The Morgan fingerprint density at radius 3 is 2.94 bits per heavy atom. The van der Waals surface area contributed by atoms with Crippen LogP contribution in [0.3, 0.4) is 0 Å². The number of nitrogens with one attached hydrogen (secondary N) is 2. The van der Waals surface area contributed by atoms with Crippen LogP contribution in [0, 0.1) is 6.92 Å². The standard InChI is InChI=1S/C11H18N4OS/c1-8-9(6-10(17-8)11(16)14-12)7-15-4-2-13-3-5-15/h6,13H,2-5,7,12H2,1H3,(H,14,16). The molecule has 94 valence electrons. The van der Waals surface area contributed by atoms with E-state index in [0.717, 1.165) is 32.7 Å². The van der Waals surface area contributed by atoms with Crippen molar-refractivity contribution in [3.05, 3.63) is 21.4 Å². The Balaban J connectivity index is 2.04. The molecule has 1 aromatic heterocycles. The molecule has 0 radical (unpaired) electrons. The topological polar surface area (TPSA) is 70.4 Å².